The molecule has 0 aliphatic carbocycles. The molecule has 3 aromatic carbocycles. The number of piperazine rings is 1. The zero-order chi connectivity index (χ0) is 22.8. The summed E-state index contributed by atoms with van der Waals surface area (Å²) in [4.78, 5) is 31.6. The first-order valence-corrected chi connectivity index (χ1v) is 11.7. The molecule has 2 heterocycles. The predicted molar refractivity (Wildman–Crippen MR) is 132 cm³/mol. The minimum atomic E-state index is 0.0480. The Morgan fingerprint density at radius 1 is 0.848 bits per heavy atom. The summed E-state index contributed by atoms with van der Waals surface area (Å²) in [6.45, 7) is 3.52. The Bertz CT molecular complexity index is 1160. The molecule has 6 heteroatoms. The van der Waals surface area contributed by atoms with Gasteiger partial charge in [-0.1, -0.05) is 41.9 Å². The van der Waals surface area contributed by atoms with Crippen LogP contribution in [0.25, 0.3) is 0 Å². The summed E-state index contributed by atoms with van der Waals surface area (Å²) in [6.07, 6.45) is 1.30. The molecule has 5 nitrogen and oxygen atoms in total. The predicted octanol–water partition coefficient (Wildman–Crippen LogP) is 4.78. The normalized spacial score (nSPS) is 16.0. The molecule has 2 aliphatic heterocycles. The van der Waals surface area contributed by atoms with Crippen LogP contribution in [0.5, 0.6) is 0 Å². The topological polar surface area (TPSA) is 43.9 Å². The maximum absolute atomic E-state index is 12.8. The van der Waals surface area contributed by atoms with E-state index in [0.717, 1.165) is 36.4 Å². The number of anilines is 2. The highest BCUT2D eigenvalue weighted by molar-refractivity contribution is 6.30. The van der Waals surface area contributed by atoms with Gasteiger partial charge in [0, 0.05) is 54.6 Å². The molecule has 2 aliphatic rings. The third kappa shape index (κ3) is 4.60. The number of amides is 2. The molecule has 0 spiro atoms. The number of nitrogens with zero attached hydrogens (tertiary/aromatic N) is 3. The molecule has 1 fully saturated rings. The van der Waals surface area contributed by atoms with E-state index in [-0.39, 0.29) is 11.8 Å². The molecule has 0 N–H and O–H groups in total. The molecular weight excluding hydrogens is 434 g/mol. The van der Waals surface area contributed by atoms with Crippen molar-refractivity contribution in [1.29, 1.82) is 0 Å². The number of carbonyl (C=O) groups is 2. The zero-order valence-electron chi connectivity index (χ0n) is 18.4. The van der Waals surface area contributed by atoms with Gasteiger partial charge in [0.1, 0.15) is 0 Å². The van der Waals surface area contributed by atoms with Crippen molar-refractivity contribution in [3.8, 4) is 0 Å². The standard InChI is InChI=1S/C27H26ClN3O2/c28-23-9-6-21(7-10-23)27(33)30-16-14-29(15-17-30)24-11-12-25-22(18-24)8-13-26(32)31(25)19-20-4-2-1-3-5-20/h1-7,9-12,18H,8,13-17,19H2. The van der Waals surface area contributed by atoms with E-state index in [0.29, 0.717) is 36.6 Å². The van der Waals surface area contributed by atoms with E-state index in [1.165, 1.54) is 5.56 Å². The number of hydrogen-bond donors (Lipinski definition) is 0. The summed E-state index contributed by atoms with van der Waals surface area (Å²) >= 11 is 5.94. The Balaban J connectivity index is 1.27. The van der Waals surface area contributed by atoms with Crippen molar-refractivity contribution >= 4 is 34.8 Å². The first-order valence-electron chi connectivity index (χ1n) is 11.4. The monoisotopic (exact) mass is 459 g/mol. The molecule has 168 valence electrons. The van der Waals surface area contributed by atoms with Crippen molar-refractivity contribution in [1.82, 2.24) is 4.90 Å². The van der Waals surface area contributed by atoms with Crippen LogP contribution in [0.3, 0.4) is 0 Å². The van der Waals surface area contributed by atoms with Gasteiger partial charge in [-0.25, -0.2) is 0 Å². The van der Waals surface area contributed by atoms with Crippen molar-refractivity contribution < 1.29 is 9.59 Å². The summed E-state index contributed by atoms with van der Waals surface area (Å²) in [6, 6.07) is 23.6. The molecule has 0 radical (unpaired) electrons. The summed E-state index contributed by atoms with van der Waals surface area (Å²) in [7, 11) is 0. The molecule has 5 rings (SSSR count). The SMILES string of the molecule is O=C(c1ccc(Cl)cc1)N1CCN(c2ccc3c(c2)CCC(=O)N3Cc2ccccc2)CC1. The van der Waals surface area contributed by atoms with E-state index in [2.05, 4.69) is 35.2 Å². The van der Waals surface area contributed by atoms with Crippen LogP contribution in [0, 0.1) is 0 Å². The van der Waals surface area contributed by atoms with Gasteiger partial charge in [-0.15, -0.1) is 0 Å². The van der Waals surface area contributed by atoms with Crippen molar-refractivity contribution in [3.63, 3.8) is 0 Å². The molecule has 0 aromatic heterocycles. The van der Waals surface area contributed by atoms with Gasteiger partial charge < -0.3 is 14.7 Å². The fourth-order valence-electron chi connectivity index (χ4n) is 4.63. The van der Waals surface area contributed by atoms with Gasteiger partial charge in [-0.05, 0) is 60.0 Å². The maximum atomic E-state index is 12.8. The molecule has 0 bridgehead atoms. The fourth-order valence-corrected chi connectivity index (χ4v) is 4.75. The Kier molecular flexibility index (Phi) is 6.05. The van der Waals surface area contributed by atoms with Gasteiger partial charge >= 0.3 is 0 Å². The van der Waals surface area contributed by atoms with Crippen molar-refractivity contribution in [2.24, 2.45) is 0 Å². The van der Waals surface area contributed by atoms with E-state index in [9.17, 15) is 9.59 Å². The average Bonchev–Trinajstić information content (AvgIpc) is 2.86. The number of carbonyl (C=O) groups excluding carboxylic acids is 2. The molecule has 1 saturated heterocycles. The molecule has 33 heavy (non-hydrogen) atoms. The van der Waals surface area contributed by atoms with Crippen LogP contribution in [-0.4, -0.2) is 42.9 Å². The lowest BCUT2D eigenvalue weighted by atomic mass is 9.99. The molecule has 0 unspecified atom stereocenters. The number of rotatable bonds is 4. The number of hydrogen-bond acceptors (Lipinski definition) is 3. The lowest BCUT2D eigenvalue weighted by molar-refractivity contribution is -0.119. The summed E-state index contributed by atoms with van der Waals surface area (Å²) in [5.74, 6) is 0.222. The van der Waals surface area contributed by atoms with E-state index in [4.69, 9.17) is 11.6 Å². The first kappa shape index (κ1) is 21.5. The zero-order valence-corrected chi connectivity index (χ0v) is 19.2. The summed E-state index contributed by atoms with van der Waals surface area (Å²) < 4.78 is 0. The van der Waals surface area contributed by atoms with Crippen LogP contribution in [0.2, 0.25) is 5.02 Å². The van der Waals surface area contributed by atoms with E-state index in [1.54, 1.807) is 24.3 Å². The molecular formula is C27H26ClN3O2. The number of benzene rings is 3. The lowest BCUT2D eigenvalue weighted by Gasteiger charge is -2.37. The largest absolute Gasteiger partial charge is 0.368 e. The second kappa shape index (κ2) is 9.28. The Morgan fingerprint density at radius 2 is 1.58 bits per heavy atom. The van der Waals surface area contributed by atoms with Gasteiger partial charge in [-0.3, -0.25) is 9.59 Å². The maximum Gasteiger partial charge on any atom is 0.253 e. The van der Waals surface area contributed by atoms with Gasteiger partial charge in [-0.2, -0.15) is 0 Å². The fraction of sp³-hybridized carbons (Fsp3) is 0.259. The van der Waals surface area contributed by atoms with Crippen LogP contribution < -0.4 is 9.80 Å². The van der Waals surface area contributed by atoms with Crippen LogP contribution >= 0.6 is 11.6 Å². The number of aryl methyl sites for hydroxylation is 1. The highest BCUT2D eigenvalue weighted by Crippen LogP contribution is 2.33. The van der Waals surface area contributed by atoms with Crippen LogP contribution in [0.1, 0.15) is 27.9 Å². The van der Waals surface area contributed by atoms with Crippen molar-refractivity contribution in [3.05, 3.63) is 94.5 Å². The average molecular weight is 460 g/mol. The highest BCUT2D eigenvalue weighted by Gasteiger charge is 2.27. The Labute approximate surface area is 199 Å². The smallest absolute Gasteiger partial charge is 0.253 e. The summed E-state index contributed by atoms with van der Waals surface area (Å²) in [5.41, 5.74) is 5.17. The van der Waals surface area contributed by atoms with Crippen molar-refractivity contribution in [2.75, 3.05) is 36.0 Å². The van der Waals surface area contributed by atoms with Crippen LogP contribution in [0.15, 0.2) is 72.8 Å². The minimum absolute atomic E-state index is 0.0480. The molecule has 3 aromatic rings. The van der Waals surface area contributed by atoms with E-state index >= 15 is 0 Å². The van der Waals surface area contributed by atoms with Gasteiger partial charge in [0.05, 0.1) is 6.54 Å². The molecule has 0 saturated carbocycles. The van der Waals surface area contributed by atoms with Gasteiger partial charge in [0.2, 0.25) is 5.91 Å². The van der Waals surface area contributed by atoms with Gasteiger partial charge in [0.25, 0.3) is 5.91 Å². The van der Waals surface area contributed by atoms with E-state index < -0.39 is 0 Å². The van der Waals surface area contributed by atoms with Crippen molar-refractivity contribution in [2.45, 2.75) is 19.4 Å². The third-order valence-electron chi connectivity index (χ3n) is 6.47. The lowest BCUT2D eigenvalue weighted by Crippen LogP contribution is -2.48. The number of halogens is 1. The third-order valence-corrected chi connectivity index (χ3v) is 6.72. The van der Waals surface area contributed by atoms with Gasteiger partial charge in [0.15, 0.2) is 0 Å². The molecule has 0 atom stereocenters. The quantitative estimate of drug-likeness (QED) is 0.564. The Hall–Kier alpha value is -3.31. The second-order valence-corrected chi connectivity index (χ2v) is 9.00. The summed E-state index contributed by atoms with van der Waals surface area (Å²) in [5, 5.41) is 0.632. The molecule has 2 amide bonds. The van der Waals surface area contributed by atoms with Crippen LogP contribution in [-0.2, 0) is 17.8 Å². The minimum Gasteiger partial charge on any atom is -0.368 e. The van der Waals surface area contributed by atoms with E-state index in [1.807, 2.05) is 28.0 Å². The Morgan fingerprint density at radius 3 is 2.30 bits per heavy atom. The number of fused-ring (bicyclic) bond motifs is 1. The first-order chi connectivity index (χ1) is 16.1. The van der Waals surface area contributed by atoms with Crippen LogP contribution in [0.4, 0.5) is 11.4 Å². The highest BCUT2D eigenvalue weighted by atomic mass is 35.5. The second-order valence-electron chi connectivity index (χ2n) is 8.56.